The summed E-state index contributed by atoms with van der Waals surface area (Å²) >= 11 is 0. The lowest BCUT2D eigenvalue weighted by atomic mass is 10.1. The van der Waals surface area contributed by atoms with Crippen LogP contribution in [0.5, 0.6) is 0 Å². The van der Waals surface area contributed by atoms with E-state index in [2.05, 4.69) is 28.9 Å². The molecule has 1 aromatic heterocycles. The Hall–Kier alpha value is -1.87. The normalized spacial score (nSPS) is 10.4. The number of hydrogen-bond acceptors (Lipinski definition) is 1. The van der Waals surface area contributed by atoms with Gasteiger partial charge in [0.25, 0.3) is 5.91 Å². The third kappa shape index (κ3) is 11.0. The largest absolute Gasteiger partial charge is 1.00 e. The van der Waals surface area contributed by atoms with Crippen molar-refractivity contribution in [3.63, 3.8) is 0 Å². The Balaban J connectivity index is 0.00000420. The molecule has 0 saturated carbocycles. The molecule has 0 saturated heterocycles. The molecule has 2 aromatic rings. The molecule has 0 spiro atoms. The monoisotopic (exact) mass is 416 g/mol. The van der Waals surface area contributed by atoms with Crippen LogP contribution in [0.25, 0.3) is 0 Å². The van der Waals surface area contributed by atoms with Gasteiger partial charge in [-0.05, 0) is 6.42 Å². The van der Waals surface area contributed by atoms with Crippen LogP contribution in [-0.4, -0.2) is 12.5 Å². The van der Waals surface area contributed by atoms with Gasteiger partial charge < -0.3 is 17.7 Å². The van der Waals surface area contributed by atoms with Crippen LogP contribution in [0.15, 0.2) is 54.9 Å². The summed E-state index contributed by atoms with van der Waals surface area (Å²) < 4.78 is 2.09. The number of hydrogen-bond donors (Lipinski definition) is 1. The molecule has 1 amide bonds. The summed E-state index contributed by atoms with van der Waals surface area (Å²) in [5, 5.41) is 3.05. The second-order valence-corrected chi connectivity index (χ2v) is 7.68. The number of carbonyl (C=O) groups is 1. The van der Waals surface area contributed by atoms with E-state index >= 15 is 0 Å². The third-order valence-electron chi connectivity index (χ3n) is 5.18. The highest BCUT2D eigenvalue weighted by atomic mass is 35.5. The molecule has 3 nitrogen and oxygen atoms in total. The van der Waals surface area contributed by atoms with Crippen molar-refractivity contribution in [2.75, 3.05) is 6.54 Å². The van der Waals surface area contributed by atoms with Crippen molar-refractivity contribution in [1.82, 2.24) is 5.32 Å². The minimum absolute atomic E-state index is 0. The molecule has 0 unspecified atom stereocenters. The van der Waals surface area contributed by atoms with Gasteiger partial charge in [-0.2, -0.15) is 0 Å². The summed E-state index contributed by atoms with van der Waals surface area (Å²) in [4.78, 5) is 12.3. The van der Waals surface area contributed by atoms with Gasteiger partial charge >= 0.3 is 0 Å². The molecule has 1 N–H and O–H groups in total. The molecule has 160 valence electrons. The van der Waals surface area contributed by atoms with Gasteiger partial charge in [0.15, 0.2) is 18.9 Å². The molecule has 1 heterocycles. The van der Waals surface area contributed by atoms with Crippen molar-refractivity contribution in [3.8, 4) is 0 Å². The quantitative estimate of drug-likeness (QED) is 0.372. The summed E-state index contributed by atoms with van der Waals surface area (Å²) in [6.45, 7) is 3.86. The smallest absolute Gasteiger partial charge is 0.251 e. The highest BCUT2D eigenvalue weighted by Gasteiger charge is 2.08. The van der Waals surface area contributed by atoms with Crippen LogP contribution in [0, 0.1) is 0 Å². The molecular formula is C25H37ClN2O. The van der Waals surface area contributed by atoms with E-state index in [-0.39, 0.29) is 18.3 Å². The predicted octanol–water partition coefficient (Wildman–Crippen LogP) is 2.68. The minimum Gasteiger partial charge on any atom is -1.00 e. The molecule has 0 fully saturated rings. The number of pyridine rings is 1. The molecule has 29 heavy (non-hydrogen) atoms. The zero-order chi connectivity index (χ0) is 19.9. The van der Waals surface area contributed by atoms with E-state index in [1.54, 1.807) is 0 Å². The molecule has 0 aliphatic carbocycles. The molecule has 0 bridgehead atoms. The minimum atomic E-state index is 0. The lowest BCUT2D eigenvalue weighted by molar-refractivity contribution is -0.688. The van der Waals surface area contributed by atoms with Gasteiger partial charge in [0.05, 0.1) is 5.56 Å². The van der Waals surface area contributed by atoms with E-state index in [0.29, 0.717) is 0 Å². The van der Waals surface area contributed by atoms with Crippen molar-refractivity contribution >= 4 is 5.91 Å². The highest BCUT2D eigenvalue weighted by molar-refractivity contribution is 5.93. The van der Waals surface area contributed by atoms with E-state index in [9.17, 15) is 4.79 Å². The lowest BCUT2D eigenvalue weighted by Gasteiger charge is -2.05. The van der Waals surface area contributed by atoms with Crippen molar-refractivity contribution < 1.29 is 21.8 Å². The summed E-state index contributed by atoms with van der Waals surface area (Å²) in [6.07, 6.45) is 17.1. The first-order valence-corrected chi connectivity index (χ1v) is 11.1. The Morgan fingerprint density at radius 3 is 1.93 bits per heavy atom. The second kappa shape index (κ2) is 16.0. The number of benzene rings is 1. The van der Waals surface area contributed by atoms with Gasteiger partial charge in [-0.1, -0.05) is 95.0 Å². The molecule has 0 aliphatic heterocycles. The van der Waals surface area contributed by atoms with E-state index in [1.165, 1.54) is 63.4 Å². The zero-order valence-electron chi connectivity index (χ0n) is 17.9. The lowest BCUT2D eigenvalue weighted by Crippen LogP contribution is -3.00. The Bertz CT molecular complexity index is 658. The summed E-state index contributed by atoms with van der Waals surface area (Å²) in [7, 11) is 0. The van der Waals surface area contributed by atoms with Crippen molar-refractivity contribution in [2.24, 2.45) is 0 Å². The first kappa shape index (κ1) is 25.2. The highest BCUT2D eigenvalue weighted by Crippen LogP contribution is 2.10. The van der Waals surface area contributed by atoms with Crippen LogP contribution < -0.4 is 22.3 Å². The fourth-order valence-electron chi connectivity index (χ4n) is 3.42. The second-order valence-electron chi connectivity index (χ2n) is 7.68. The van der Waals surface area contributed by atoms with Gasteiger partial charge in [-0.3, -0.25) is 4.79 Å². The van der Waals surface area contributed by atoms with Crippen LogP contribution in [0.4, 0.5) is 0 Å². The van der Waals surface area contributed by atoms with Gasteiger partial charge in [0, 0.05) is 24.2 Å². The van der Waals surface area contributed by atoms with E-state index < -0.39 is 0 Å². The van der Waals surface area contributed by atoms with Crippen LogP contribution in [-0.2, 0) is 6.54 Å². The van der Waals surface area contributed by atoms with Crippen molar-refractivity contribution in [1.29, 1.82) is 0 Å². The molecule has 1 aromatic carbocycles. The summed E-state index contributed by atoms with van der Waals surface area (Å²) in [5.74, 6) is 0.0304. The molecule has 0 radical (unpaired) electrons. The Kier molecular flexibility index (Phi) is 13.9. The standard InChI is InChI=1S/C25H36N2O.ClH/c1-2-3-4-5-6-7-8-9-10-14-19-26-25(28)24-17-20-27(21-18-24)22-23-15-12-11-13-16-23;/h11-13,15-18,20-21H,2-10,14,19,22H2,1H3;1H. The molecule has 0 aliphatic rings. The number of aromatic nitrogens is 1. The number of nitrogens with one attached hydrogen (secondary N) is 1. The fourth-order valence-corrected chi connectivity index (χ4v) is 3.42. The van der Waals surface area contributed by atoms with Gasteiger partial charge in [0.1, 0.15) is 0 Å². The Morgan fingerprint density at radius 2 is 1.34 bits per heavy atom. The van der Waals surface area contributed by atoms with Crippen molar-refractivity contribution in [2.45, 2.75) is 77.7 Å². The van der Waals surface area contributed by atoms with Crippen molar-refractivity contribution in [3.05, 3.63) is 66.0 Å². The molecular weight excluding hydrogens is 380 g/mol. The molecule has 4 heteroatoms. The maximum Gasteiger partial charge on any atom is 0.251 e. The zero-order valence-corrected chi connectivity index (χ0v) is 18.7. The maximum absolute atomic E-state index is 12.3. The number of nitrogens with zero attached hydrogens (tertiary/aromatic N) is 1. The van der Waals surface area contributed by atoms with Crippen LogP contribution >= 0.6 is 0 Å². The predicted molar refractivity (Wildman–Crippen MR) is 116 cm³/mol. The van der Waals surface area contributed by atoms with E-state index in [4.69, 9.17) is 0 Å². The average Bonchev–Trinajstić information content (AvgIpc) is 2.73. The fraction of sp³-hybridized carbons (Fsp3) is 0.520. The maximum atomic E-state index is 12.3. The Labute approximate surface area is 183 Å². The van der Waals surface area contributed by atoms with Crippen LogP contribution in [0.1, 0.15) is 87.1 Å². The molecule has 0 atom stereocenters. The van der Waals surface area contributed by atoms with Gasteiger partial charge in [-0.25, -0.2) is 4.57 Å². The topological polar surface area (TPSA) is 33.0 Å². The van der Waals surface area contributed by atoms with Crippen LogP contribution in [0.2, 0.25) is 0 Å². The van der Waals surface area contributed by atoms with Gasteiger partial charge in [-0.15, -0.1) is 0 Å². The van der Waals surface area contributed by atoms with Gasteiger partial charge in [0.2, 0.25) is 0 Å². The number of carbonyl (C=O) groups excluding carboxylic acids is 1. The van der Waals surface area contributed by atoms with E-state index in [0.717, 1.165) is 25.1 Å². The summed E-state index contributed by atoms with van der Waals surface area (Å²) in [5.41, 5.74) is 1.99. The molecule has 2 rings (SSSR count). The van der Waals surface area contributed by atoms with Crippen LogP contribution in [0.3, 0.4) is 0 Å². The average molecular weight is 417 g/mol. The Morgan fingerprint density at radius 1 is 0.793 bits per heavy atom. The SMILES string of the molecule is CCCCCCCCCCCCNC(=O)c1cc[n+](Cc2ccccc2)cc1.[Cl-]. The first-order valence-electron chi connectivity index (χ1n) is 11.1. The number of rotatable bonds is 14. The number of unbranched alkanes of at least 4 members (excludes halogenated alkanes) is 9. The first-order chi connectivity index (χ1) is 13.8. The third-order valence-corrected chi connectivity index (χ3v) is 5.18. The number of amides is 1. The summed E-state index contributed by atoms with van der Waals surface area (Å²) in [6, 6.07) is 14.1. The number of halogens is 1. The van der Waals surface area contributed by atoms with E-state index in [1.807, 2.05) is 42.7 Å².